The molecule has 0 aromatic carbocycles. The molecule has 5 fully saturated rings. The van der Waals surface area contributed by atoms with Gasteiger partial charge in [0.1, 0.15) is 24.4 Å². The second kappa shape index (κ2) is 16.0. The van der Waals surface area contributed by atoms with Gasteiger partial charge in [0.25, 0.3) is 0 Å². The molecule has 7 rings (SSSR count). The van der Waals surface area contributed by atoms with E-state index in [0.717, 1.165) is 5.57 Å². The molecule has 7 aliphatic heterocycles. The number of aliphatic hydroxyl groups excluding tert-OH is 3. The molecule has 0 unspecified atom stereocenters. The van der Waals surface area contributed by atoms with Gasteiger partial charge in [-0.1, -0.05) is 65.3 Å². The zero-order valence-corrected chi connectivity index (χ0v) is 32.4. The van der Waals surface area contributed by atoms with Crippen LogP contribution in [0.4, 0.5) is 0 Å². The molecule has 304 valence electrons. The second-order valence-electron chi connectivity index (χ2n) is 17.0. The van der Waals surface area contributed by atoms with Gasteiger partial charge in [-0.3, -0.25) is 0 Å². The Hall–Kier alpha value is -2.49. The van der Waals surface area contributed by atoms with E-state index in [1.807, 2.05) is 26.8 Å². The highest BCUT2D eigenvalue weighted by atomic mass is 16.7. The maximum absolute atomic E-state index is 14.2. The fourth-order valence-electron chi connectivity index (χ4n) is 9.38. The van der Waals surface area contributed by atoms with E-state index in [1.54, 1.807) is 6.08 Å². The first-order valence-corrected chi connectivity index (χ1v) is 20.1. The molecule has 0 amide bonds. The predicted octanol–water partition coefficient (Wildman–Crippen LogP) is 4.27. The second-order valence-corrected chi connectivity index (χ2v) is 17.0. The van der Waals surface area contributed by atoms with Crippen molar-refractivity contribution in [1.82, 2.24) is 0 Å². The minimum absolute atomic E-state index is 0.0277. The van der Waals surface area contributed by atoms with E-state index in [1.165, 1.54) is 6.08 Å². The molecule has 7 aliphatic rings. The summed E-state index contributed by atoms with van der Waals surface area (Å²) >= 11 is 0. The Morgan fingerprint density at radius 3 is 2.36 bits per heavy atom. The van der Waals surface area contributed by atoms with Gasteiger partial charge in [0.2, 0.25) is 5.79 Å². The third-order valence-electron chi connectivity index (χ3n) is 13.3. The van der Waals surface area contributed by atoms with Crippen LogP contribution in [-0.2, 0) is 38.0 Å². The van der Waals surface area contributed by atoms with E-state index < -0.39 is 72.3 Å². The normalized spacial score (nSPS) is 48.7. The van der Waals surface area contributed by atoms with Crippen molar-refractivity contribution in [2.45, 2.75) is 163 Å². The molecular weight excluding hydrogens is 708 g/mol. The molecule has 0 aromatic rings. The number of carbonyl (C=O) groups is 1. The van der Waals surface area contributed by atoms with E-state index in [0.29, 0.717) is 61.7 Å². The molecule has 17 atom stereocenters. The maximum atomic E-state index is 14.2. The molecule has 4 N–H and O–H groups in total. The van der Waals surface area contributed by atoms with Crippen molar-refractivity contribution in [2.24, 2.45) is 17.8 Å². The third-order valence-corrected chi connectivity index (χ3v) is 13.3. The number of hydrogen-bond acceptors (Lipinski definition) is 12. The lowest BCUT2D eigenvalue weighted by Gasteiger charge is -2.53. The van der Waals surface area contributed by atoms with Crippen LogP contribution in [0.2, 0.25) is 0 Å². The molecule has 0 aliphatic carbocycles. The zero-order valence-electron chi connectivity index (χ0n) is 32.4. The highest BCUT2D eigenvalue weighted by Gasteiger charge is 2.55. The van der Waals surface area contributed by atoms with Crippen molar-refractivity contribution in [3.05, 3.63) is 72.9 Å². The van der Waals surface area contributed by atoms with Crippen LogP contribution in [0.3, 0.4) is 0 Å². The highest BCUT2D eigenvalue weighted by Crippen LogP contribution is 2.49. The lowest BCUT2D eigenvalue weighted by molar-refractivity contribution is -0.317. The van der Waals surface area contributed by atoms with Crippen LogP contribution in [0, 0.1) is 17.8 Å². The van der Waals surface area contributed by atoms with E-state index in [9.17, 15) is 25.2 Å². The fourth-order valence-corrected chi connectivity index (χ4v) is 9.38. The summed E-state index contributed by atoms with van der Waals surface area (Å²) < 4.78 is 45.2. The Bertz CT molecular complexity index is 1570. The summed E-state index contributed by atoms with van der Waals surface area (Å²) in [4.78, 5) is 14.2. The molecule has 12 nitrogen and oxygen atoms in total. The van der Waals surface area contributed by atoms with Crippen molar-refractivity contribution in [2.75, 3.05) is 6.61 Å². The minimum Gasteiger partial charge on any atom is -0.450 e. The largest absolute Gasteiger partial charge is 0.450 e. The number of aliphatic hydroxyl groups is 4. The molecule has 7 heterocycles. The van der Waals surface area contributed by atoms with Crippen molar-refractivity contribution < 1.29 is 58.4 Å². The first-order valence-electron chi connectivity index (χ1n) is 20.1. The van der Waals surface area contributed by atoms with Gasteiger partial charge in [0.05, 0.1) is 43.2 Å². The lowest BCUT2D eigenvalue weighted by atomic mass is 9.78. The van der Waals surface area contributed by atoms with Crippen LogP contribution in [-0.4, -0.2) is 118 Å². The quantitative estimate of drug-likeness (QED) is 0.171. The average molecular weight is 769 g/mol. The van der Waals surface area contributed by atoms with Crippen molar-refractivity contribution in [1.29, 1.82) is 0 Å². The Morgan fingerprint density at radius 2 is 1.58 bits per heavy atom. The molecule has 9 bridgehead atoms. The van der Waals surface area contributed by atoms with E-state index in [4.69, 9.17) is 33.2 Å². The summed E-state index contributed by atoms with van der Waals surface area (Å²) in [5.74, 6) is -4.48. The Balaban J connectivity index is 1.23. The summed E-state index contributed by atoms with van der Waals surface area (Å²) in [6.07, 6.45) is 1.50. The number of fused-ring (bicyclic) bond motifs is 11. The van der Waals surface area contributed by atoms with Crippen LogP contribution < -0.4 is 0 Å². The molecule has 0 saturated carbocycles. The zero-order chi connectivity index (χ0) is 39.4. The van der Waals surface area contributed by atoms with Gasteiger partial charge in [0, 0.05) is 12.3 Å². The van der Waals surface area contributed by atoms with Gasteiger partial charge < -0.3 is 53.6 Å². The fraction of sp³-hybridized carbons (Fsp3) is 0.698. The molecular formula is C43H60O12. The van der Waals surface area contributed by atoms with E-state index in [-0.39, 0.29) is 55.7 Å². The van der Waals surface area contributed by atoms with Crippen LogP contribution in [0.15, 0.2) is 72.9 Å². The van der Waals surface area contributed by atoms with Crippen LogP contribution in [0.25, 0.3) is 0 Å². The summed E-state index contributed by atoms with van der Waals surface area (Å²) in [5.41, 5.74) is 2.12. The lowest BCUT2D eigenvalue weighted by Crippen LogP contribution is -2.60. The van der Waals surface area contributed by atoms with Gasteiger partial charge in [-0.2, -0.15) is 0 Å². The van der Waals surface area contributed by atoms with Crippen molar-refractivity contribution >= 4 is 5.97 Å². The summed E-state index contributed by atoms with van der Waals surface area (Å²) in [6.45, 7) is 23.0. The Labute approximate surface area is 324 Å². The van der Waals surface area contributed by atoms with Crippen LogP contribution in [0.5, 0.6) is 0 Å². The van der Waals surface area contributed by atoms with Gasteiger partial charge in [-0.25, -0.2) is 4.79 Å². The number of ether oxygens (including phenoxy) is 7. The third kappa shape index (κ3) is 7.77. The summed E-state index contributed by atoms with van der Waals surface area (Å²) in [6, 6.07) is 0. The molecule has 1 spiro atoms. The standard InChI is InChI=1S/C43H60O12/c1-22-18-19-49-43(48,28(22)7)36-13-8-10-29(44)37(46)27(6)31-16-17-34(50-31)32-11-9-12-33(51-32)35-15-14-25(4)42(54-35)21-24(3)26(5)39(55-42)40-30(45)20-23(2)38(53-40)41(47)52-36/h8-9,11,13,22,24,28-40,44-46,48H,2,4-6,10,12,14-21H2,1,3,7H3/t22-,24+,28+,29+,30-,31-,32+,33-,34-,35-,36-,37+,38+,39+,40-,42-,43+/m0/s1. The molecule has 12 heteroatoms. The number of esters is 1. The number of carbonyl (C=O) groups excluding carboxylic acids is 1. The number of hydrogen-bond donors (Lipinski definition) is 4. The van der Waals surface area contributed by atoms with Gasteiger partial charge in [-0.05, 0) is 91.6 Å². The van der Waals surface area contributed by atoms with E-state index >= 15 is 0 Å². The molecule has 0 radical (unpaired) electrons. The summed E-state index contributed by atoms with van der Waals surface area (Å²) in [5, 5.41) is 45.8. The smallest absolute Gasteiger partial charge is 0.340 e. The van der Waals surface area contributed by atoms with Gasteiger partial charge >= 0.3 is 5.97 Å². The number of cyclic esters (lactones) is 1. The maximum Gasteiger partial charge on any atom is 0.340 e. The Kier molecular flexibility index (Phi) is 11.9. The molecule has 5 saturated heterocycles. The monoisotopic (exact) mass is 768 g/mol. The minimum atomic E-state index is -1.91. The Morgan fingerprint density at radius 1 is 0.818 bits per heavy atom. The topological polar surface area (TPSA) is 163 Å². The van der Waals surface area contributed by atoms with Crippen molar-refractivity contribution in [3.8, 4) is 0 Å². The molecule has 0 aromatic heterocycles. The van der Waals surface area contributed by atoms with Crippen LogP contribution in [0.1, 0.15) is 78.6 Å². The van der Waals surface area contributed by atoms with Crippen LogP contribution >= 0.6 is 0 Å². The first-order chi connectivity index (χ1) is 26.1. The SMILES string of the molecule is C=C1C[C@H](O)[C@@H]2O[C@H]1C(=O)O[C@H]([C@]1(O)OCC[C@H](C)[C@H]1C)C=CC[C@@H](O)[C@H](O)C(=C)[C@@H]1CC[C@H](O1)[C@H]1C=CC[C@H](O1)[C@@H]1CCC(=C)[C@@]3(C[C@@H](C)C(=C)[C@H]2O3)O1. The predicted molar refractivity (Wildman–Crippen MR) is 201 cm³/mol. The summed E-state index contributed by atoms with van der Waals surface area (Å²) in [7, 11) is 0. The van der Waals surface area contributed by atoms with E-state index in [2.05, 4.69) is 32.4 Å². The average Bonchev–Trinajstić information content (AvgIpc) is 3.66. The molecule has 55 heavy (non-hydrogen) atoms. The highest BCUT2D eigenvalue weighted by molar-refractivity contribution is 5.79. The first kappa shape index (κ1) is 40.7. The number of rotatable bonds is 1. The van der Waals surface area contributed by atoms with Crippen molar-refractivity contribution in [3.63, 3.8) is 0 Å². The van der Waals surface area contributed by atoms with Gasteiger partial charge in [-0.15, -0.1) is 0 Å². The van der Waals surface area contributed by atoms with Gasteiger partial charge in [0.15, 0.2) is 18.0 Å².